The highest BCUT2D eigenvalue weighted by Crippen LogP contribution is 2.12. The van der Waals surface area contributed by atoms with Crippen LogP contribution in [0.2, 0.25) is 0 Å². The van der Waals surface area contributed by atoms with Crippen LogP contribution in [0.15, 0.2) is 0 Å². The molecule has 0 spiro atoms. The van der Waals surface area contributed by atoms with Crippen LogP contribution in [0.3, 0.4) is 0 Å². The highest BCUT2D eigenvalue weighted by Gasteiger charge is 2.17. The fourth-order valence-electron chi connectivity index (χ4n) is 1.25. The van der Waals surface area contributed by atoms with E-state index in [4.69, 9.17) is 23.2 Å². The lowest BCUT2D eigenvalue weighted by atomic mass is 9.98. The SMILES string of the molecule is CCC(O)(C#CCN(CCCl)CCCl)CC.Cl. The van der Waals surface area contributed by atoms with E-state index in [1.165, 1.54) is 0 Å². The summed E-state index contributed by atoms with van der Waals surface area (Å²) in [4.78, 5) is 2.08. The zero-order valence-electron chi connectivity index (χ0n) is 10.5. The number of alkyl halides is 2. The minimum atomic E-state index is -0.840. The van der Waals surface area contributed by atoms with Gasteiger partial charge in [0, 0.05) is 24.8 Å². The molecule has 0 heterocycles. The molecule has 5 heteroatoms. The van der Waals surface area contributed by atoms with Crippen molar-refractivity contribution in [3.8, 4) is 11.8 Å². The molecule has 0 aromatic carbocycles. The summed E-state index contributed by atoms with van der Waals surface area (Å²) in [7, 11) is 0. The van der Waals surface area contributed by atoms with Gasteiger partial charge < -0.3 is 5.11 Å². The molecule has 0 atom stereocenters. The predicted molar refractivity (Wildman–Crippen MR) is 78.4 cm³/mol. The van der Waals surface area contributed by atoms with Gasteiger partial charge in [0.2, 0.25) is 0 Å². The second-order valence-corrected chi connectivity index (χ2v) is 4.45. The summed E-state index contributed by atoms with van der Waals surface area (Å²) in [6, 6.07) is 0. The third-order valence-electron chi connectivity index (χ3n) is 2.59. The van der Waals surface area contributed by atoms with Crippen molar-refractivity contribution >= 4 is 35.6 Å². The number of aliphatic hydroxyl groups is 1. The maximum atomic E-state index is 9.96. The van der Waals surface area contributed by atoms with Crippen molar-refractivity contribution < 1.29 is 5.11 Å². The van der Waals surface area contributed by atoms with Crippen molar-refractivity contribution in [1.29, 1.82) is 0 Å². The van der Waals surface area contributed by atoms with Gasteiger partial charge in [0.15, 0.2) is 0 Å². The molecule has 0 aromatic heterocycles. The highest BCUT2D eigenvalue weighted by atomic mass is 35.5. The fraction of sp³-hybridized carbons (Fsp3) is 0.833. The Morgan fingerprint density at radius 3 is 1.94 bits per heavy atom. The van der Waals surface area contributed by atoms with Gasteiger partial charge in [0.05, 0.1) is 6.54 Å². The van der Waals surface area contributed by atoms with E-state index in [-0.39, 0.29) is 12.4 Å². The van der Waals surface area contributed by atoms with Gasteiger partial charge in [0.1, 0.15) is 5.60 Å². The topological polar surface area (TPSA) is 23.5 Å². The summed E-state index contributed by atoms with van der Waals surface area (Å²) in [6.45, 7) is 6.04. The fourth-order valence-corrected chi connectivity index (χ4v) is 1.73. The molecule has 0 radical (unpaired) electrons. The first-order valence-electron chi connectivity index (χ1n) is 5.68. The third kappa shape index (κ3) is 8.99. The molecule has 0 aromatic rings. The lowest BCUT2D eigenvalue weighted by Gasteiger charge is -2.19. The Morgan fingerprint density at radius 1 is 1.12 bits per heavy atom. The van der Waals surface area contributed by atoms with E-state index in [2.05, 4.69) is 16.7 Å². The Labute approximate surface area is 121 Å². The molecular formula is C12H22Cl3NO. The summed E-state index contributed by atoms with van der Waals surface area (Å²) in [5, 5.41) is 9.96. The van der Waals surface area contributed by atoms with Crippen LogP contribution in [0.4, 0.5) is 0 Å². The monoisotopic (exact) mass is 301 g/mol. The van der Waals surface area contributed by atoms with Gasteiger partial charge in [-0.2, -0.15) is 0 Å². The molecular weight excluding hydrogens is 280 g/mol. The second kappa shape index (κ2) is 11.4. The van der Waals surface area contributed by atoms with Crippen LogP contribution in [0.1, 0.15) is 26.7 Å². The van der Waals surface area contributed by atoms with Crippen molar-refractivity contribution in [2.75, 3.05) is 31.4 Å². The number of halogens is 3. The molecule has 0 unspecified atom stereocenters. The van der Waals surface area contributed by atoms with Gasteiger partial charge in [-0.1, -0.05) is 25.7 Å². The van der Waals surface area contributed by atoms with E-state index in [9.17, 15) is 5.11 Å². The molecule has 2 nitrogen and oxygen atoms in total. The first kappa shape index (κ1) is 19.7. The average molecular weight is 303 g/mol. The maximum Gasteiger partial charge on any atom is 0.125 e. The zero-order chi connectivity index (χ0) is 12.4. The van der Waals surface area contributed by atoms with Crippen LogP contribution < -0.4 is 0 Å². The largest absolute Gasteiger partial charge is 0.378 e. The van der Waals surface area contributed by atoms with Gasteiger partial charge in [-0.15, -0.1) is 35.6 Å². The molecule has 1 N–H and O–H groups in total. The predicted octanol–water partition coefficient (Wildman–Crippen LogP) is 2.74. The first-order chi connectivity index (χ1) is 7.61. The van der Waals surface area contributed by atoms with Crippen LogP contribution >= 0.6 is 35.6 Å². The Kier molecular flexibility index (Phi) is 13.2. The summed E-state index contributed by atoms with van der Waals surface area (Å²) < 4.78 is 0. The van der Waals surface area contributed by atoms with Crippen molar-refractivity contribution in [2.24, 2.45) is 0 Å². The van der Waals surface area contributed by atoms with Crippen molar-refractivity contribution in [2.45, 2.75) is 32.3 Å². The standard InChI is InChI=1S/C12H21Cl2NO.ClH/c1-3-12(16,4-2)6-5-9-15(10-7-13)11-8-14;/h16H,3-4,7-11H2,1-2H3;1H. The molecule has 0 aliphatic carbocycles. The van der Waals surface area contributed by atoms with Crippen LogP contribution in [0.25, 0.3) is 0 Å². The smallest absolute Gasteiger partial charge is 0.125 e. The lowest BCUT2D eigenvalue weighted by molar-refractivity contribution is 0.0929. The summed E-state index contributed by atoms with van der Waals surface area (Å²) in [5.41, 5.74) is -0.840. The van der Waals surface area contributed by atoms with Crippen LogP contribution in [-0.2, 0) is 0 Å². The molecule has 0 fully saturated rings. The van der Waals surface area contributed by atoms with Gasteiger partial charge in [-0.25, -0.2) is 0 Å². The second-order valence-electron chi connectivity index (χ2n) is 3.69. The molecule has 17 heavy (non-hydrogen) atoms. The van der Waals surface area contributed by atoms with Crippen molar-refractivity contribution in [3.63, 3.8) is 0 Å². The molecule has 102 valence electrons. The van der Waals surface area contributed by atoms with Gasteiger partial charge in [-0.3, -0.25) is 4.90 Å². The lowest BCUT2D eigenvalue weighted by Crippen LogP contribution is -2.29. The number of rotatable bonds is 7. The summed E-state index contributed by atoms with van der Waals surface area (Å²) >= 11 is 11.3. The molecule has 0 saturated carbocycles. The van der Waals surface area contributed by atoms with Gasteiger partial charge in [0.25, 0.3) is 0 Å². The van der Waals surface area contributed by atoms with Crippen molar-refractivity contribution in [1.82, 2.24) is 4.90 Å². The quantitative estimate of drug-likeness (QED) is 0.577. The Morgan fingerprint density at radius 2 is 1.59 bits per heavy atom. The maximum absolute atomic E-state index is 9.96. The summed E-state index contributed by atoms with van der Waals surface area (Å²) in [5.74, 6) is 7.07. The highest BCUT2D eigenvalue weighted by molar-refractivity contribution is 6.18. The molecule has 0 amide bonds. The molecule has 0 aliphatic rings. The van der Waals surface area contributed by atoms with E-state index < -0.39 is 5.60 Å². The van der Waals surface area contributed by atoms with Gasteiger partial charge >= 0.3 is 0 Å². The number of nitrogens with zero attached hydrogens (tertiary/aromatic N) is 1. The molecule has 0 bridgehead atoms. The first-order valence-corrected chi connectivity index (χ1v) is 6.75. The van der Waals surface area contributed by atoms with E-state index in [0.717, 1.165) is 13.1 Å². The van der Waals surface area contributed by atoms with Crippen molar-refractivity contribution in [3.05, 3.63) is 0 Å². The molecule has 0 rings (SSSR count). The zero-order valence-corrected chi connectivity index (χ0v) is 12.8. The Balaban J connectivity index is 0. The number of hydrogen-bond acceptors (Lipinski definition) is 2. The summed E-state index contributed by atoms with van der Waals surface area (Å²) in [6.07, 6.45) is 1.31. The van der Waals surface area contributed by atoms with E-state index >= 15 is 0 Å². The van der Waals surface area contributed by atoms with Gasteiger partial charge in [-0.05, 0) is 12.8 Å². The van der Waals surface area contributed by atoms with E-state index in [0.29, 0.717) is 31.1 Å². The van der Waals surface area contributed by atoms with Crippen LogP contribution in [-0.4, -0.2) is 47.0 Å². The third-order valence-corrected chi connectivity index (χ3v) is 2.93. The van der Waals surface area contributed by atoms with E-state index in [1.54, 1.807) is 0 Å². The average Bonchev–Trinajstić information content (AvgIpc) is 2.29. The normalized spacial score (nSPS) is 10.7. The molecule has 0 saturated heterocycles. The van der Waals surface area contributed by atoms with Crippen LogP contribution in [0, 0.1) is 11.8 Å². The van der Waals surface area contributed by atoms with E-state index in [1.807, 2.05) is 13.8 Å². The Hall–Kier alpha value is 0.350. The Bertz CT molecular complexity index is 228. The molecule has 0 aliphatic heterocycles. The minimum absolute atomic E-state index is 0. The minimum Gasteiger partial charge on any atom is -0.378 e. The number of hydrogen-bond donors (Lipinski definition) is 1. The van der Waals surface area contributed by atoms with Crippen LogP contribution in [0.5, 0.6) is 0 Å².